The van der Waals surface area contributed by atoms with E-state index < -0.39 is 0 Å². The molecular formula is C13H12N4. The van der Waals surface area contributed by atoms with E-state index in [0.29, 0.717) is 0 Å². The first kappa shape index (κ1) is 9.96. The van der Waals surface area contributed by atoms with Crippen LogP contribution < -0.4 is 0 Å². The van der Waals surface area contributed by atoms with Crippen molar-refractivity contribution >= 4 is 10.9 Å². The van der Waals surface area contributed by atoms with Gasteiger partial charge in [0.1, 0.15) is 5.82 Å². The second kappa shape index (κ2) is 3.97. The number of benzene rings is 1. The Labute approximate surface area is 98.7 Å². The van der Waals surface area contributed by atoms with Crippen LogP contribution in [0.15, 0.2) is 36.5 Å². The second-order valence-electron chi connectivity index (χ2n) is 3.83. The zero-order valence-corrected chi connectivity index (χ0v) is 9.51. The Kier molecular flexibility index (Phi) is 2.33. The first-order valence-corrected chi connectivity index (χ1v) is 5.64. The molecule has 0 aliphatic heterocycles. The van der Waals surface area contributed by atoms with Gasteiger partial charge in [0, 0.05) is 23.6 Å². The molecule has 0 aliphatic carbocycles. The van der Waals surface area contributed by atoms with Gasteiger partial charge in [0.2, 0.25) is 0 Å². The maximum Gasteiger partial charge on any atom is 0.181 e. The molecule has 0 fully saturated rings. The highest BCUT2D eigenvalue weighted by Gasteiger charge is 2.08. The fraction of sp³-hybridized carbons (Fsp3) is 0.154. The molecule has 1 aromatic carbocycles. The predicted molar refractivity (Wildman–Crippen MR) is 66.5 cm³/mol. The van der Waals surface area contributed by atoms with Crippen molar-refractivity contribution in [2.45, 2.75) is 13.3 Å². The van der Waals surface area contributed by atoms with Crippen LogP contribution in [-0.4, -0.2) is 20.2 Å². The Bertz CT molecular complexity index is 652. The number of hydrogen-bond acceptors (Lipinski definition) is 3. The Morgan fingerprint density at radius 1 is 1.18 bits per heavy atom. The van der Waals surface area contributed by atoms with Crippen molar-refractivity contribution in [1.29, 1.82) is 0 Å². The molecule has 3 aromatic rings. The minimum absolute atomic E-state index is 0.737. The van der Waals surface area contributed by atoms with E-state index in [2.05, 4.69) is 27.1 Å². The minimum Gasteiger partial charge on any atom is -0.263 e. The molecule has 2 heterocycles. The van der Waals surface area contributed by atoms with Crippen LogP contribution in [0.3, 0.4) is 0 Å². The normalized spacial score (nSPS) is 10.9. The van der Waals surface area contributed by atoms with Crippen LogP contribution in [0, 0.1) is 0 Å². The van der Waals surface area contributed by atoms with Gasteiger partial charge in [0.05, 0.1) is 5.52 Å². The first-order valence-electron chi connectivity index (χ1n) is 5.64. The van der Waals surface area contributed by atoms with Gasteiger partial charge < -0.3 is 0 Å². The van der Waals surface area contributed by atoms with Crippen LogP contribution in [0.4, 0.5) is 0 Å². The predicted octanol–water partition coefficient (Wildman–Crippen LogP) is 2.58. The molecule has 0 bridgehead atoms. The van der Waals surface area contributed by atoms with Crippen LogP contribution in [0.5, 0.6) is 0 Å². The van der Waals surface area contributed by atoms with Crippen molar-refractivity contribution in [2.75, 3.05) is 0 Å². The Balaban J connectivity index is 2.23. The van der Waals surface area contributed by atoms with E-state index in [0.717, 1.165) is 34.5 Å². The number of H-pyrrole nitrogens is 1. The molecule has 0 radical (unpaired) electrons. The lowest BCUT2D eigenvalue weighted by Crippen LogP contribution is -1.85. The third-order valence-corrected chi connectivity index (χ3v) is 2.75. The summed E-state index contributed by atoms with van der Waals surface area (Å²) >= 11 is 0. The molecule has 0 spiro atoms. The number of hydrogen-bond donors (Lipinski definition) is 1. The van der Waals surface area contributed by atoms with Crippen molar-refractivity contribution in [3.63, 3.8) is 0 Å². The van der Waals surface area contributed by atoms with Gasteiger partial charge in [-0.15, -0.1) is 0 Å². The summed E-state index contributed by atoms with van der Waals surface area (Å²) in [6.45, 7) is 2.05. The van der Waals surface area contributed by atoms with E-state index in [1.165, 1.54) is 0 Å². The number of nitrogens with zero attached hydrogens (tertiary/aromatic N) is 3. The van der Waals surface area contributed by atoms with E-state index in [9.17, 15) is 0 Å². The Morgan fingerprint density at radius 3 is 2.94 bits per heavy atom. The standard InChI is InChI=1S/C13H12N4/c1-2-12-15-13(17-16-12)10-5-3-7-11-9(10)6-4-8-14-11/h3-8H,2H2,1H3,(H,15,16,17). The Hall–Kier alpha value is -2.23. The van der Waals surface area contributed by atoms with Gasteiger partial charge in [-0.3, -0.25) is 10.1 Å². The minimum atomic E-state index is 0.737. The van der Waals surface area contributed by atoms with Gasteiger partial charge in [0.25, 0.3) is 0 Å². The fourth-order valence-corrected chi connectivity index (χ4v) is 1.87. The van der Waals surface area contributed by atoms with Crippen LogP contribution in [0.25, 0.3) is 22.3 Å². The third-order valence-electron chi connectivity index (χ3n) is 2.75. The summed E-state index contributed by atoms with van der Waals surface area (Å²) in [6, 6.07) is 9.96. The molecule has 0 saturated carbocycles. The second-order valence-corrected chi connectivity index (χ2v) is 3.83. The Morgan fingerprint density at radius 2 is 2.12 bits per heavy atom. The lowest BCUT2D eigenvalue weighted by atomic mass is 10.1. The van der Waals surface area contributed by atoms with Crippen molar-refractivity contribution in [2.24, 2.45) is 0 Å². The molecule has 0 saturated heterocycles. The summed E-state index contributed by atoms with van der Waals surface area (Å²) in [7, 11) is 0. The summed E-state index contributed by atoms with van der Waals surface area (Å²) in [5.74, 6) is 1.64. The molecular weight excluding hydrogens is 212 g/mol. The van der Waals surface area contributed by atoms with Gasteiger partial charge in [-0.2, -0.15) is 5.10 Å². The first-order chi connectivity index (χ1) is 8.38. The van der Waals surface area contributed by atoms with Gasteiger partial charge in [-0.1, -0.05) is 25.1 Å². The zero-order valence-electron chi connectivity index (χ0n) is 9.51. The number of nitrogens with one attached hydrogen (secondary N) is 1. The van der Waals surface area contributed by atoms with Crippen LogP contribution in [-0.2, 0) is 6.42 Å². The summed E-state index contributed by atoms with van der Waals surface area (Å²) in [6.07, 6.45) is 2.65. The van der Waals surface area contributed by atoms with Gasteiger partial charge in [-0.25, -0.2) is 4.98 Å². The topological polar surface area (TPSA) is 54.5 Å². The van der Waals surface area contributed by atoms with Gasteiger partial charge >= 0.3 is 0 Å². The molecule has 0 unspecified atom stereocenters. The molecule has 17 heavy (non-hydrogen) atoms. The van der Waals surface area contributed by atoms with Crippen LogP contribution in [0.1, 0.15) is 12.7 Å². The molecule has 1 N–H and O–H groups in total. The lowest BCUT2D eigenvalue weighted by Gasteiger charge is -2.01. The van der Waals surface area contributed by atoms with Crippen molar-refractivity contribution in [3.8, 4) is 11.4 Å². The fourth-order valence-electron chi connectivity index (χ4n) is 1.87. The molecule has 4 nitrogen and oxygen atoms in total. The van der Waals surface area contributed by atoms with Crippen molar-refractivity contribution in [3.05, 3.63) is 42.4 Å². The molecule has 3 rings (SSSR count). The maximum atomic E-state index is 4.45. The highest BCUT2D eigenvalue weighted by Crippen LogP contribution is 2.24. The van der Waals surface area contributed by atoms with Crippen molar-refractivity contribution < 1.29 is 0 Å². The smallest absolute Gasteiger partial charge is 0.181 e. The summed E-state index contributed by atoms with van der Waals surface area (Å²) in [5.41, 5.74) is 1.99. The number of pyridine rings is 1. The molecule has 2 aromatic heterocycles. The average molecular weight is 224 g/mol. The lowest BCUT2D eigenvalue weighted by molar-refractivity contribution is 0.946. The monoisotopic (exact) mass is 224 g/mol. The number of fused-ring (bicyclic) bond motifs is 1. The summed E-state index contributed by atoms with van der Waals surface area (Å²) in [4.78, 5) is 8.78. The number of rotatable bonds is 2. The van der Waals surface area contributed by atoms with E-state index in [1.54, 1.807) is 6.20 Å². The number of aromatic nitrogens is 4. The van der Waals surface area contributed by atoms with Gasteiger partial charge in [-0.05, 0) is 12.1 Å². The molecule has 0 aliphatic rings. The number of aromatic amines is 1. The molecule has 4 heteroatoms. The van der Waals surface area contributed by atoms with Gasteiger partial charge in [0.15, 0.2) is 5.82 Å². The third kappa shape index (κ3) is 1.67. The number of aryl methyl sites for hydroxylation is 1. The highest BCUT2D eigenvalue weighted by atomic mass is 15.2. The van der Waals surface area contributed by atoms with E-state index in [1.807, 2.05) is 30.3 Å². The van der Waals surface area contributed by atoms with E-state index >= 15 is 0 Å². The molecule has 0 amide bonds. The van der Waals surface area contributed by atoms with Crippen LogP contribution >= 0.6 is 0 Å². The van der Waals surface area contributed by atoms with E-state index in [-0.39, 0.29) is 0 Å². The summed E-state index contributed by atoms with van der Waals surface area (Å²) < 4.78 is 0. The molecule has 0 atom stereocenters. The quantitative estimate of drug-likeness (QED) is 0.727. The maximum absolute atomic E-state index is 4.45. The molecule has 84 valence electrons. The highest BCUT2D eigenvalue weighted by molar-refractivity contribution is 5.92. The average Bonchev–Trinajstić information content (AvgIpc) is 2.87. The summed E-state index contributed by atoms with van der Waals surface area (Å²) in [5, 5.41) is 8.26. The largest absolute Gasteiger partial charge is 0.263 e. The van der Waals surface area contributed by atoms with Crippen molar-refractivity contribution in [1.82, 2.24) is 20.2 Å². The zero-order chi connectivity index (χ0) is 11.7. The van der Waals surface area contributed by atoms with Crippen LogP contribution in [0.2, 0.25) is 0 Å². The SMILES string of the molecule is CCc1nc(-c2cccc3ncccc23)n[nH]1. The van der Waals surface area contributed by atoms with E-state index in [4.69, 9.17) is 0 Å².